The van der Waals surface area contributed by atoms with E-state index in [1.165, 1.54) is 0 Å². The van der Waals surface area contributed by atoms with Gasteiger partial charge in [-0.1, -0.05) is 35.9 Å². The molecule has 1 N–H and O–H groups in total. The lowest BCUT2D eigenvalue weighted by atomic mass is 10.1. The number of hydrogen-bond donors (Lipinski definition) is 1. The van der Waals surface area contributed by atoms with Crippen molar-refractivity contribution in [3.8, 4) is 11.5 Å². The minimum absolute atomic E-state index is 0.143. The second-order valence-electron chi connectivity index (χ2n) is 5.79. The molecule has 0 heterocycles. The van der Waals surface area contributed by atoms with Gasteiger partial charge in [0.25, 0.3) is 5.91 Å². The average molecular weight is 357 g/mol. The van der Waals surface area contributed by atoms with E-state index >= 15 is 0 Å². The van der Waals surface area contributed by atoms with Crippen LogP contribution in [0.3, 0.4) is 0 Å². The van der Waals surface area contributed by atoms with Crippen LogP contribution in [0.4, 0.5) is 0 Å². The van der Waals surface area contributed by atoms with E-state index < -0.39 is 5.97 Å². The number of amides is 1. The standard InChI is InChI=1S/C20H23NO5/c1-14-5-4-6-15(9-14)11-20(23)26-13-19(22)21-12-16-7-8-17(24-2)18(10-16)25-3/h4-10H,11-13H2,1-3H3,(H,21,22). The first-order valence-corrected chi connectivity index (χ1v) is 8.20. The van der Waals surface area contributed by atoms with Crippen molar-refractivity contribution < 1.29 is 23.8 Å². The number of esters is 1. The summed E-state index contributed by atoms with van der Waals surface area (Å²) in [5, 5.41) is 2.70. The fourth-order valence-corrected chi connectivity index (χ4v) is 2.43. The Balaban J connectivity index is 1.77. The third-order valence-electron chi connectivity index (χ3n) is 3.73. The summed E-state index contributed by atoms with van der Waals surface area (Å²) in [7, 11) is 3.11. The lowest BCUT2D eigenvalue weighted by Gasteiger charge is -2.10. The third-order valence-corrected chi connectivity index (χ3v) is 3.73. The van der Waals surface area contributed by atoms with Gasteiger partial charge in [0.15, 0.2) is 18.1 Å². The Hall–Kier alpha value is -3.02. The highest BCUT2D eigenvalue weighted by atomic mass is 16.5. The summed E-state index contributed by atoms with van der Waals surface area (Å²) in [6, 6.07) is 13.0. The van der Waals surface area contributed by atoms with Crippen LogP contribution in [0.5, 0.6) is 11.5 Å². The van der Waals surface area contributed by atoms with Crippen LogP contribution in [0.2, 0.25) is 0 Å². The van der Waals surface area contributed by atoms with Crippen LogP contribution in [-0.4, -0.2) is 32.7 Å². The summed E-state index contributed by atoms with van der Waals surface area (Å²) >= 11 is 0. The maximum atomic E-state index is 11.9. The van der Waals surface area contributed by atoms with Crippen molar-refractivity contribution in [3.05, 3.63) is 59.2 Å². The van der Waals surface area contributed by atoms with Crippen molar-refractivity contribution in [1.29, 1.82) is 0 Å². The monoisotopic (exact) mass is 357 g/mol. The summed E-state index contributed by atoms with van der Waals surface area (Å²) < 4.78 is 15.4. The van der Waals surface area contributed by atoms with E-state index in [0.29, 0.717) is 18.0 Å². The number of benzene rings is 2. The van der Waals surface area contributed by atoms with Crippen LogP contribution >= 0.6 is 0 Å². The number of methoxy groups -OCH3 is 2. The molecule has 0 saturated carbocycles. The van der Waals surface area contributed by atoms with E-state index in [1.807, 2.05) is 37.3 Å². The molecule has 0 atom stereocenters. The maximum absolute atomic E-state index is 11.9. The van der Waals surface area contributed by atoms with Crippen LogP contribution in [0.15, 0.2) is 42.5 Å². The highest BCUT2D eigenvalue weighted by molar-refractivity contribution is 5.81. The van der Waals surface area contributed by atoms with Crippen LogP contribution < -0.4 is 14.8 Å². The molecule has 1 amide bonds. The van der Waals surface area contributed by atoms with Gasteiger partial charge in [-0.2, -0.15) is 0 Å². The van der Waals surface area contributed by atoms with E-state index in [0.717, 1.165) is 16.7 Å². The summed E-state index contributed by atoms with van der Waals surface area (Å²) in [5.74, 6) is 0.408. The normalized spacial score (nSPS) is 10.1. The fourth-order valence-electron chi connectivity index (χ4n) is 2.43. The van der Waals surface area contributed by atoms with Crippen LogP contribution in [0, 0.1) is 6.92 Å². The second-order valence-corrected chi connectivity index (χ2v) is 5.79. The number of aryl methyl sites for hydroxylation is 1. The molecule has 0 bridgehead atoms. The van der Waals surface area contributed by atoms with Gasteiger partial charge in [-0.15, -0.1) is 0 Å². The van der Waals surface area contributed by atoms with E-state index in [9.17, 15) is 9.59 Å². The van der Waals surface area contributed by atoms with Gasteiger partial charge >= 0.3 is 5.97 Å². The number of hydrogen-bond acceptors (Lipinski definition) is 5. The number of ether oxygens (including phenoxy) is 3. The molecule has 2 aromatic carbocycles. The average Bonchev–Trinajstić information content (AvgIpc) is 2.64. The summed E-state index contributed by atoms with van der Waals surface area (Å²) in [6.07, 6.45) is 0.143. The molecule has 26 heavy (non-hydrogen) atoms. The molecule has 2 aromatic rings. The largest absolute Gasteiger partial charge is 0.493 e. The lowest BCUT2D eigenvalue weighted by molar-refractivity contribution is -0.147. The van der Waals surface area contributed by atoms with Gasteiger partial charge in [0, 0.05) is 6.54 Å². The summed E-state index contributed by atoms with van der Waals surface area (Å²) in [6.45, 7) is 1.95. The first-order chi connectivity index (χ1) is 12.5. The number of nitrogens with one attached hydrogen (secondary N) is 1. The van der Waals surface area contributed by atoms with Crippen molar-refractivity contribution in [1.82, 2.24) is 5.32 Å². The maximum Gasteiger partial charge on any atom is 0.310 e. The zero-order chi connectivity index (χ0) is 18.9. The predicted molar refractivity (Wildman–Crippen MR) is 97.2 cm³/mol. The van der Waals surface area contributed by atoms with Crippen molar-refractivity contribution in [2.24, 2.45) is 0 Å². The van der Waals surface area contributed by atoms with Crippen molar-refractivity contribution in [2.45, 2.75) is 19.9 Å². The van der Waals surface area contributed by atoms with Gasteiger partial charge in [-0.3, -0.25) is 9.59 Å². The Morgan fingerprint density at radius 2 is 1.73 bits per heavy atom. The number of carbonyl (C=O) groups excluding carboxylic acids is 2. The Labute approximate surface area is 153 Å². The lowest BCUT2D eigenvalue weighted by Crippen LogP contribution is -2.28. The Morgan fingerprint density at radius 3 is 2.42 bits per heavy atom. The third kappa shape index (κ3) is 5.81. The Kier molecular flexibility index (Phi) is 7.02. The first-order valence-electron chi connectivity index (χ1n) is 8.20. The van der Waals surface area contributed by atoms with Crippen molar-refractivity contribution in [3.63, 3.8) is 0 Å². The van der Waals surface area contributed by atoms with Crippen LogP contribution in [0.1, 0.15) is 16.7 Å². The summed E-state index contributed by atoms with van der Waals surface area (Å²) in [4.78, 5) is 23.7. The van der Waals surface area contributed by atoms with Gasteiger partial charge in [0.05, 0.1) is 20.6 Å². The van der Waals surface area contributed by atoms with E-state index in [4.69, 9.17) is 14.2 Å². The molecule has 138 valence electrons. The Morgan fingerprint density at radius 1 is 0.962 bits per heavy atom. The minimum atomic E-state index is -0.433. The summed E-state index contributed by atoms with van der Waals surface area (Å²) in [5.41, 5.74) is 2.78. The molecule has 0 aromatic heterocycles. The molecular formula is C20H23NO5. The first kappa shape index (κ1) is 19.3. The minimum Gasteiger partial charge on any atom is -0.493 e. The smallest absolute Gasteiger partial charge is 0.310 e. The molecule has 0 aliphatic rings. The van der Waals surface area contributed by atoms with Gasteiger partial charge < -0.3 is 19.5 Å². The van der Waals surface area contributed by atoms with Gasteiger partial charge in [0.1, 0.15) is 0 Å². The molecule has 2 rings (SSSR count). The molecule has 0 spiro atoms. The van der Waals surface area contributed by atoms with Crippen LogP contribution in [-0.2, 0) is 27.3 Å². The molecular weight excluding hydrogens is 334 g/mol. The van der Waals surface area contributed by atoms with Gasteiger partial charge in [0.2, 0.25) is 0 Å². The molecule has 6 heteroatoms. The van der Waals surface area contributed by atoms with Crippen molar-refractivity contribution in [2.75, 3.05) is 20.8 Å². The highest BCUT2D eigenvalue weighted by Crippen LogP contribution is 2.27. The zero-order valence-corrected chi connectivity index (χ0v) is 15.2. The molecule has 0 unspecified atom stereocenters. The quantitative estimate of drug-likeness (QED) is 0.735. The molecule has 0 fully saturated rings. The van der Waals surface area contributed by atoms with E-state index in [-0.39, 0.29) is 18.9 Å². The topological polar surface area (TPSA) is 73.9 Å². The molecule has 6 nitrogen and oxygen atoms in total. The number of carbonyl (C=O) groups is 2. The molecule has 0 radical (unpaired) electrons. The molecule has 0 saturated heterocycles. The highest BCUT2D eigenvalue weighted by Gasteiger charge is 2.10. The second kappa shape index (κ2) is 9.46. The number of rotatable bonds is 8. The van der Waals surface area contributed by atoms with Crippen molar-refractivity contribution >= 4 is 11.9 Å². The SMILES string of the molecule is COc1ccc(CNC(=O)COC(=O)Cc2cccc(C)c2)cc1OC. The van der Waals surface area contributed by atoms with E-state index in [1.54, 1.807) is 26.4 Å². The van der Waals surface area contributed by atoms with E-state index in [2.05, 4.69) is 5.32 Å². The van der Waals surface area contributed by atoms with Gasteiger partial charge in [-0.05, 0) is 30.2 Å². The molecule has 0 aliphatic heterocycles. The van der Waals surface area contributed by atoms with Gasteiger partial charge in [-0.25, -0.2) is 0 Å². The molecule has 0 aliphatic carbocycles. The fraction of sp³-hybridized carbons (Fsp3) is 0.300. The Bertz CT molecular complexity index is 773. The van der Waals surface area contributed by atoms with Crippen LogP contribution in [0.25, 0.3) is 0 Å². The predicted octanol–water partition coefficient (Wildman–Crippen LogP) is 2.41. The zero-order valence-electron chi connectivity index (χ0n) is 15.2.